The summed E-state index contributed by atoms with van der Waals surface area (Å²) in [5, 5.41) is 0. The van der Waals surface area contributed by atoms with Gasteiger partial charge in [0, 0.05) is 6.54 Å². The van der Waals surface area contributed by atoms with Crippen LogP contribution in [0, 0.1) is 5.41 Å². The zero-order valence-electron chi connectivity index (χ0n) is 12.9. The second kappa shape index (κ2) is 7.09. The zero-order chi connectivity index (χ0) is 14.4. The first-order valence-corrected chi connectivity index (χ1v) is 7.79. The Bertz CT molecular complexity index is 398. The maximum atomic E-state index is 6.06. The van der Waals surface area contributed by atoms with Crippen molar-refractivity contribution in [2.75, 3.05) is 32.8 Å². The number of hydrogen-bond donors (Lipinski definition) is 1. The highest BCUT2D eigenvalue weighted by Gasteiger charge is 2.27. The maximum absolute atomic E-state index is 6.06. The highest BCUT2D eigenvalue weighted by molar-refractivity contribution is 5.28. The van der Waals surface area contributed by atoms with Crippen LogP contribution in [0.1, 0.15) is 32.3 Å². The lowest BCUT2D eigenvalue weighted by Gasteiger charge is -2.33. The van der Waals surface area contributed by atoms with Gasteiger partial charge in [-0.25, -0.2) is 0 Å². The fourth-order valence-corrected chi connectivity index (χ4v) is 3.04. The van der Waals surface area contributed by atoms with Crippen molar-refractivity contribution >= 4 is 0 Å². The van der Waals surface area contributed by atoms with Crippen molar-refractivity contribution in [1.29, 1.82) is 0 Å². The van der Waals surface area contributed by atoms with Crippen LogP contribution in [-0.2, 0) is 6.42 Å². The van der Waals surface area contributed by atoms with Crippen LogP contribution >= 0.6 is 0 Å². The van der Waals surface area contributed by atoms with Gasteiger partial charge >= 0.3 is 0 Å². The molecule has 1 saturated heterocycles. The number of nitrogens with zero attached hydrogens (tertiary/aromatic N) is 1. The maximum Gasteiger partial charge on any atom is 0.119 e. The molecular formula is C17H28N2O. The van der Waals surface area contributed by atoms with Crippen molar-refractivity contribution in [2.45, 2.75) is 33.1 Å². The van der Waals surface area contributed by atoms with Gasteiger partial charge in [0.25, 0.3) is 0 Å². The third-order valence-corrected chi connectivity index (χ3v) is 4.16. The number of hydrogen-bond acceptors (Lipinski definition) is 3. The van der Waals surface area contributed by atoms with Gasteiger partial charge in [-0.2, -0.15) is 0 Å². The summed E-state index contributed by atoms with van der Waals surface area (Å²) in [5.74, 6) is 0.949. The molecule has 0 aromatic heterocycles. The van der Waals surface area contributed by atoms with Crippen LogP contribution in [0.25, 0.3) is 0 Å². The van der Waals surface area contributed by atoms with Crippen LogP contribution in [0.3, 0.4) is 0 Å². The molecule has 112 valence electrons. The van der Waals surface area contributed by atoms with E-state index in [1.54, 1.807) is 0 Å². The van der Waals surface area contributed by atoms with Crippen LogP contribution in [-0.4, -0.2) is 37.7 Å². The summed E-state index contributed by atoms with van der Waals surface area (Å²) >= 11 is 0. The largest absolute Gasteiger partial charge is 0.494 e. The lowest BCUT2D eigenvalue weighted by atomic mass is 9.83. The molecular weight excluding hydrogens is 248 g/mol. The van der Waals surface area contributed by atoms with Gasteiger partial charge in [0.15, 0.2) is 0 Å². The summed E-state index contributed by atoms with van der Waals surface area (Å²) in [6.45, 7) is 9.34. The lowest BCUT2D eigenvalue weighted by Crippen LogP contribution is -2.41. The van der Waals surface area contributed by atoms with Crippen LogP contribution in [0.2, 0.25) is 0 Å². The van der Waals surface area contributed by atoms with E-state index in [-0.39, 0.29) is 5.41 Å². The summed E-state index contributed by atoms with van der Waals surface area (Å²) in [6.07, 6.45) is 3.71. The van der Waals surface area contributed by atoms with E-state index in [1.165, 1.54) is 31.5 Å². The fourth-order valence-electron chi connectivity index (χ4n) is 3.04. The molecule has 1 fully saturated rings. The van der Waals surface area contributed by atoms with Gasteiger partial charge in [-0.15, -0.1) is 0 Å². The molecule has 0 radical (unpaired) electrons. The Morgan fingerprint density at radius 1 is 1.20 bits per heavy atom. The highest BCUT2D eigenvalue weighted by atomic mass is 16.5. The smallest absolute Gasteiger partial charge is 0.119 e. The van der Waals surface area contributed by atoms with Crippen LogP contribution in [0.4, 0.5) is 0 Å². The van der Waals surface area contributed by atoms with E-state index in [4.69, 9.17) is 10.5 Å². The third kappa shape index (κ3) is 4.22. The molecule has 0 aliphatic carbocycles. The van der Waals surface area contributed by atoms with E-state index in [2.05, 4.69) is 36.1 Å². The Hall–Kier alpha value is -1.06. The summed E-state index contributed by atoms with van der Waals surface area (Å²) < 4.78 is 5.49. The minimum absolute atomic E-state index is 0.164. The molecule has 0 saturated carbocycles. The molecule has 2 N–H and O–H groups in total. The van der Waals surface area contributed by atoms with Crippen molar-refractivity contribution in [1.82, 2.24) is 4.90 Å². The van der Waals surface area contributed by atoms with Crippen molar-refractivity contribution in [3.8, 4) is 5.75 Å². The minimum atomic E-state index is 0.164. The molecule has 1 aromatic rings. The monoisotopic (exact) mass is 276 g/mol. The van der Waals surface area contributed by atoms with E-state index in [0.717, 1.165) is 31.9 Å². The van der Waals surface area contributed by atoms with Gasteiger partial charge < -0.3 is 15.4 Å². The Morgan fingerprint density at radius 3 is 2.40 bits per heavy atom. The quantitative estimate of drug-likeness (QED) is 0.832. The molecule has 0 bridgehead atoms. The minimum Gasteiger partial charge on any atom is -0.494 e. The van der Waals surface area contributed by atoms with Gasteiger partial charge in [-0.3, -0.25) is 0 Å². The Balaban J connectivity index is 1.96. The van der Waals surface area contributed by atoms with Crippen LogP contribution < -0.4 is 10.5 Å². The molecule has 1 aromatic carbocycles. The molecule has 1 aliphatic heterocycles. The summed E-state index contributed by atoms with van der Waals surface area (Å²) in [7, 11) is 0. The summed E-state index contributed by atoms with van der Waals surface area (Å²) in [6, 6.07) is 8.46. The van der Waals surface area contributed by atoms with Crippen LogP contribution in [0.15, 0.2) is 24.3 Å². The van der Waals surface area contributed by atoms with E-state index in [0.29, 0.717) is 0 Å². The first-order chi connectivity index (χ1) is 9.65. The molecule has 20 heavy (non-hydrogen) atoms. The van der Waals surface area contributed by atoms with Gasteiger partial charge in [0.1, 0.15) is 5.75 Å². The average Bonchev–Trinajstić information content (AvgIpc) is 2.94. The molecule has 3 heteroatoms. The highest BCUT2D eigenvalue weighted by Crippen LogP contribution is 2.25. The molecule has 2 rings (SSSR count). The molecule has 1 aliphatic rings. The van der Waals surface area contributed by atoms with E-state index in [1.807, 2.05) is 6.92 Å². The zero-order valence-corrected chi connectivity index (χ0v) is 12.9. The predicted octanol–water partition coefficient (Wildman–Crippen LogP) is 2.69. The topological polar surface area (TPSA) is 38.5 Å². The number of ether oxygens (including phenoxy) is 1. The second-order valence-corrected chi connectivity index (χ2v) is 6.25. The Kier molecular flexibility index (Phi) is 5.44. The number of likely N-dealkylation sites (tertiary alicyclic amines) is 1. The number of rotatable bonds is 7. The number of nitrogens with two attached hydrogens (primary N) is 1. The first kappa shape index (κ1) is 15.3. The molecule has 0 amide bonds. The van der Waals surface area contributed by atoms with Gasteiger partial charge in [-0.1, -0.05) is 19.1 Å². The fraction of sp³-hybridized carbons (Fsp3) is 0.647. The third-order valence-electron chi connectivity index (χ3n) is 4.16. The first-order valence-electron chi connectivity index (χ1n) is 7.79. The standard InChI is InChI=1S/C17H28N2O/c1-3-20-16-8-6-15(7-9-16)12-17(2,13-18)14-19-10-4-5-11-19/h6-9H,3-5,10-14,18H2,1-2H3. The molecule has 1 atom stereocenters. The normalized spacial score (nSPS) is 18.9. The van der Waals surface area contributed by atoms with Gasteiger partial charge in [-0.05, 0) is 68.9 Å². The average molecular weight is 276 g/mol. The molecule has 3 nitrogen and oxygen atoms in total. The van der Waals surface area contributed by atoms with E-state index < -0.39 is 0 Å². The van der Waals surface area contributed by atoms with Crippen LogP contribution in [0.5, 0.6) is 5.75 Å². The molecule has 1 unspecified atom stereocenters. The van der Waals surface area contributed by atoms with Crippen molar-refractivity contribution in [2.24, 2.45) is 11.1 Å². The SMILES string of the molecule is CCOc1ccc(CC(C)(CN)CN2CCCC2)cc1. The van der Waals surface area contributed by atoms with Crippen molar-refractivity contribution in [3.05, 3.63) is 29.8 Å². The van der Waals surface area contributed by atoms with Crippen molar-refractivity contribution in [3.63, 3.8) is 0 Å². The molecule has 1 heterocycles. The molecule has 0 spiro atoms. The van der Waals surface area contributed by atoms with Crippen molar-refractivity contribution < 1.29 is 4.74 Å². The summed E-state index contributed by atoms with van der Waals surface area (Å²) in [5.41, 5.74) is 7.57. The predicted molar refractivity (Wildman–Crippen MR) is 84.2 cm³/mol. The lowest BCUT2D eigenvalue weighted by molar-refractivity contribution is 0.196. The van der Waals surface area contributed by atoms with Gasteiger partial charge in [0.05, 0.1) is 6.61 Å². The summed E-state index contributed by atoms with van der Waals surface area (Å²) in [4.78, 5) is 2.56. The number of benzene rings is 1. The van der Waals surface area contributed by atoms with Gasteiger partial charge in [0.2, 0.25) is 0 Å². The Morgan fingerprint density at radius 2 is 1.85 bits per heavy atom. The van der Waals surface area contributed by atoms with E-state index >= 15 is 0 Å². The van der Waals surface area contributed by atoms with E-state index in [9.17, 15) is 0 Å². The Labute approximate surface area is 123 Å². The second-order valence-electron chi connectivity index (χ2n) is 6.25.